The zero-order chi connectivity index (χ0) is 8.85. The molecule has 0 aromatic carbocycles. The number of methoxy groups -OCH3 is 1. The predicted molar refractivity (Wildman–Crippen MR) is 45.2 cm³/mol. The van der Waals surface area contributed by atoms with Crippen molar-refractivity contribution in [3.63, 3.8) is 0 Å². The van der Waals surface area contributed by atoms with Crippen molar-refractivity contribution in [3.8, 4) is 0 Å². The lowest BCUT2D eigenvalue weighted by atomic mass is 10.1. The Labute approximate surface area is 67.6 Å². The Hall–Kier alpha value is -1.05. The van der Waals surface area contributed by atoms with E-state index < -0.39 is 0 Å². The summed E-state index contributed by atoms with van der Waals surface area (Å²) in [5.74, 6) is -0.275. The van der Waals surface area contributed by atoms with Crippen LogP contribution in [0.1, 0.15) is 20.8 Å². The Balaban J connectivity index is 4.57. The zero-order valence-corrected chi connectivity index (χ0v) is 7.47. The molecule has 0 unspecified atom stereocenters. The fourth-order valence-electron chi connectivity index (χ4n) is 0.772. The van der Waals surface area contributed by atoms with Gasteiger partial charge in [0, 0.05) is 0 Å². The van der Waals surface area contributed by atoms with Crippen molar-refractivity contribution in [3.05, 3.63) is 23.3 Å². The Morgan fingerprint density at radius 1 is 1.27 bits per heavy atom. The van der Waals surface area contributed by atoms with Crippen LogP contribution in [-0.2, 0) is 9.53 Å². The van der Waals surface area contributed by atoms with Gasteiger partial charge in [0.05, 0.1) is 12.7 Å². The van der Waals surface area contributed by atoms with Crippen molar-refractivity contribution in [2.75, 3.05) is 7.11 Å². The number of ether oxygens (including phenoxy) is 1. The number of hydrogen-bond donors (Lipinski definition) is 0. The Morgan fingerprint density at radius 2 is 1.82 bits per heavy atom. The summed E-state index contributed by atoms with van der Waals surface area (Å²) in [4.78, 5) is 11.0. The maximum absolute atomic E-state index is 11.0. The number of carbonyl (C=O) groups is 1. The molecule has 11 heavy (non-hydrogen) atoms. The second-order valence-corrected chi connectivity index (χ2v) is 2.17. The molecular formula is C9H14O2. The molecule has 0 saturated heterocycles. The molecule has 0 atom stereocenters. The van der Waals surface area contributed by atoms with Gasteiger partial charge in [-0.25, -0.2) is 4.79 Å². The minimum absolute atomic E-state index is 0.275. The molecule has 0 N–H and O–H groups in total. The molecule has 0 rings (SSSR count). The van der Waals surface area contributed by atoms with Crippen molar-refractivity contribution >= 4 is 5.97 Å². The highest BCUT2D eigenvalue weighted by atomic mass is 16.5. The Kier molecular flexibility index (Phi) is 4.27. The first-order chi connectivity index (χ1) is 5.17. The maximum atomic E-state index is 11.0. The summed E-state index contributed by atoms with van der Waals surface area (Å²) in [5.41, 5.74) is 1.58. The molecule has 0 aromatic rings. The van der Waals surface area contributed by atoms with Crippen LogP contribution in [0.4, 0.5) is 0 Å². The molecule has 0 saturated carbocycles. The van der Waals surface area contributed by atoms with Crippen LogP contribution in [0.3, 0.4) is 0 Å². The van der Waals surface area contributed by atoms with Crippen LogP contribution in [0.25, 0.3) is 0 Å². The van der Waals surface area contributed by atoms with Crippen molar-refractivity contribution < 1.29 is 9.53 Å². The summed E-state index contributed by atoms with van der Waals surface area (Å²) in [7, 11) is 1.38. The van der Waals surface area contributed by atoms with Gasteiger partial charge in [0.2, 0.25) is 0 Å². The topological polar surface area (TPSA) is 26.3 Å². The molecule has 0 heterocycles. The van der Waals surface area contributed by atoms with E-state index in [0.717, 1.165) is 5.57 Å². The van der Waals surface area contributed by atoms with Gasteiger partial charge < -0.3 is 4.74 Å². The van der Waals surface area contributed by atoms with Gasteiger partial charge in [-0.05, 0) is 26.3 Å². The number of allylic oxidation sites excluding steroid dienone is 2. The van der Waals surface area contributed by atoms with E-state index in [9.17, 15) is 4.79 Å². The van der Waals surface area contributed by atoms with Crippen LogP contribution in [0.2, 0.25) is 0 Å². The summed E-state index contributed by atoms with van der Waals surface area (Å²) in [6.07, 6.45) is 3.63. The van der Waals surface area contributed by atoms with Crippen LogP contribution in [-0.4, -0.2) is 13.1 Å². The van der Waals surface area contributed by atoms with E-state index in [-0.39, 0.29) is 5.97 Å². The normalized spacial score (nSPS) is 13.1. The molecule has 0 bridgehead atoms. The van der Waals surface area contributed by atoms with E-state index >= 15 is 0 Å². The number of esters is 1. The third-order valence-electron chi connectivity index (χ3n) is 1.55. The van der Waals surface area contributed by atoms with Gasteiger partial charge >= 0.3 is 5.97 Å². The SMILES string of the molecule is CC=C(C)C(=CC)C(=O)OC. The minimum atomic E-state index is -0.275. The van der Waals surface area contributed by atoms with E-state index in [4.69, 9.17) is 0 Å². The first-order valence-electron chi connectivity index (χ1n) is 3.55. The first kappa shape index (κ1) is 9.95. The molecule has 62 valence electrons. The fraction of sp³-hybridized carbons (Fsp3) is 0.444. The molecule has 0 aromatic heterocycles. The quantitative estimate of drug-likeness (QED) is 0.346. The van der Waals surface area contributed by atoms with E-state index in [0.29, 0.717) is 5.57 Å². The van der Waals surface area contributed by atoms with E-state index in [1.807, 2.05) is 26.8 Å². The van der Waals surface area contributed by atoms with Crippen molar-refractivity contribution in [1.29, 1.82) is 0 Å². The average Bonchev–Trinajstić information content (AvgIpc) is 2.05. The summed E-state index contributed by atoms with van der Waals surface area (Å²) in [5, 5.41) is 0. The molecule has 0 aliphatic rings. The van der Waals surface area contributed by atoms with Crippen molar-refractivity contribution in [2.45, 2.75) is 20.8 Å². The largest absolute Gasteiger partial charge is 0.465 e. The smallest absolute Gasteiger partial charge is 0.337 e. The third kappa shape index (κ3) is 2.58. The average molecular weight is 154 g/mol. The third-order valence-corrected chi connectivity index (χ3v) is 1.55. The van der Waals surface area contributed by atoms with Gasteiger partial charge in [-0.15, -0.1) is 0 Å². The van der Waals surface area contributed by atoms with Crippen molar-refractivity contribution in [1.82, 2.24) is 0 Å². The van der Waals surface area contributed by atoms with Gasteiger partial charge in [-0.1, -0.05) is 12.2 Å². The monoisotopic (exact) mass is 154 g/mol. The van der Waals surface area contributed by atoms with E-state index in [1.165, 1.54) is 7.11 Å². The minimum Gasteiger partial charge on any atom is -0.465 e. The van der Waals surface area contributed by atoms with Crippen molar-refractivity contribution in [2.24, 2.45) is 0 Å². The lowest BCUT2D eigenvalue weighted by Gasteiger charge is -2.03. The number of rotatable bonds is 2. The summed E-state index contributed by atoms with van der Waals surface area (Å²) < 4.78 is 4.58. The molecule has 0 spiro atoms. The summed E-state index contributed by atoms with van der Waals surface area (Å²) in [6.45, 7) is 5.59. The summed E-state index contributed by atoms with van der Waals surface area (Å²) >= 11 is 0. The maximum Gasteiger partial charge on any atom is 0.337 e. The van der Waals surface area contributed by atoms with Gasteiger partial charge in [0.25, 0.3) is 0 Å². The van der Waals surface area contributed by atoms with Gasteiger partial charge in [0.1, 0.15) is 0 Å². The van der Waals surface area contributed by atoms with Crippen LogP contribution < -0.4 is 0 Å². The Morgan fingerprint density at radius 3 is 2.09 bits per heavy atom. The molecule has 2 nitrogen and oxygen atoms in total. The molecular weight excluding hydrogens is 140 g/mol. The highest BCUT2D eigenvalue weighted by molar-refractivity contribution is 5.92. The molecule has 0 amide bonds. The molecule has 0 fully saturated rings. The second-order valence-electron chi connectivity index (χ2n) is 2.17. The van der Waals surface area contributed by atoms with Gasteiger partial charge in [0.15, 0.2) is 0 Å². The lowest BCUT2D eigenvalue weighted by Crippen LogP contribution is -2.05. The van der Waals surface area contributed by atoms with Gasteiger partial charge in [-0.3, -0.25) is 0 Å². The van der Waals surface area contributed by atoms with E-state index in [2.05, 4.69) is 4.74 Å². The standard InChI is InChI=1S/C9H14O2/c1-5-7(3)8(6-2)9(10)11-4/h5-6H,1-4H3. The number of carbonyl (C=O) groups excluding carboxylic acids is 1. The van der Waals surface area contributed by atoms with E-state index in [1.54, 1.807) is 6.08 Å². The summed E-state index contributed by atoms with van der Waals surface area (Å²) in [6, 6.07) is 0. The van der Waals surface area contributed by atoms with Crippen LogP contribution >= 0.6 is 0 Å². The highest BCUT2D eigenvalue weighted by Gasteiger charge is 2.08. The number of hydrogen-bond acceptors (Lipinski definition) is 2. The van der Waals surface area contributed by atoms with Gasteiger partial charge in [-0.2, -0.15) is 0 Å². The molecule has 0 radical (unpaired) electrons. The highest BCUT2D eigenvalue weighted by Crippen LogP contribution is 2.09. The molecule has 2 heteroatoms. The fourth-order valence-corrected chi connectivity index (χ4v) is 0.772. The molecule has 0 aliphatic carbocycles. The van der Waals surface area contributed by atoms with Crippen LogP contribution in [0, 0.1) is 0 Å². The van der Waals surface area contributed by atoms with Crippen LogP contribution in [0.5, 0.6) is 0 Å². The van der Waals surface area contributed by atoms with Crippen LogP contribution in [0.15, 0.2) is 23.3 Å². The Bertz CT molecular complexity index is 200. The second kappa shape index (κ2) is 4.72. The first-order valence-corrected chi connectivity index (χ1v) is 3.55. The molecule has 0 aliphatic heterocycles. The zero-order valence-electron chi connectivity index (χ0n) is 7.47. The predicted octanol–water partition coefficient (Wildman–Crippen LogP) is 2.07. The lowest BCUT2D eigenvalue weighted by molar-refractivity contribution is -0.135.